The van der Waals surface area contributed by atoms with Gasteiger partial charge in [-0.1, -0.05) is 17.7 Å². The predicted octanol–water partition coefficient (Wildman–Crippen LogP) is 3.10. The fraction of sp³-hybridized carbons (Fsp3) is 0.214. The van der Waals surface area contributed by atoms with E-state index in [-0.39, 0.29) is 12.7 Å². The van der Waals surface area contributed by atoms with E-state index in [1.165, 1.54) is 11.3 Å². The lowest BCUT2D eigenvalue weighted by atomic mass is 10.1. The minimum absolute atomic E-state index is 0.157. The summed E-state index contributed by atoms with van der Waals surface area (Å²) in [6.45, 7) is 0.716. The van der Waals surface area contributed by atoms with Gasteiger partial charge < -0.3 is 14.8 Å². The molecule has 1 aliphatic heterocycles. The second-order valence-electron chi connectivity index (χ2n) is 4.25. The largest absolute Gasteiger partial charge is 0.454 e. The number of thiophene rings is 1. The summed E-state index contributed by atoms with van der Waals surface area (Å²) >= 11 is 7.39. The van der Waals surface area contributed by atoms with Gasteiger partial charge in [0, 0.05) is 11.4 Å². The summed E-state index contributed by atoms with van der Waals surface area (Å²) in [6.07, 6.45) is 0.759. The van der Waals surface area contributed by atoms with Gasteiger partial charge in [-0.2, -0.15) is 0 Å². The summed E-state index contributed by atoms with van der Waals surface area (Å²) in [5.41, 5.74) is 0.504. The number of halogens is 1. The van der Waals surface area contributed by atoms with Crippen LogP contribution in [-0.4, -0.2) is 19.2 Å². The number of para-hydroxylation sites is 1. The van der Waals surface area contributed by atoms with Gasteiger partial charge in [-0.15, -0.1) is 11.3 Å². The predicted molar refractivity (Wildman–Crippen MR) is 77.9 cm³/mol. The van der Waals surface area contributed by atoms with Crippen molar-refractivity contribution in [2.24, 2.45) is 0 Å². The summed E-state index contributed by atoms with van der Waals surface area (Å²) in [4.78, 5) is 13.3. The van der Waals surface area contributed by atoms with Crippen molar-refractivity contribution in [3.8, 4) is 11.5 Å². The van der Waals surface area contributed by atoms with Crippen molar-refractivity contribution in [2.75, 3.05) is 13.3 Å². The fourth-order valence-corrected chi connectivity index (χ4v) is 3.08. The normalized spacial score (nSPS) is 12.4. The second-order valence-corrected chi connectivity index (χ2v) is 6.05. The maximum atomic E-state index is 12.1. The van der Waals surface area contributed by atoms with Crippen molar-refractivity contribution < 1.29 is 14.3 Å². The number of ether oxygens (including phenoxy) is 2. The highest BCUT2D eigenvalue weighted by atomic mass is 35.5. The first-order valence-electron chi connectivity index (χ1n) is 6.15. The Labute approximate surface area is 125 Å². The Kier molecular flexibility index (Phi) is 3.80. The maximum Gasteiger partial charge on any atom is 0.255 e. The summed E-state index contributed by atoms with van der Waals surface area (Å²) in [5.74, 6) is 0.974. The van der Waals surface area contributed by atoms with Crippen LogP contribution in [0.4, 0.5) is 0 Å². The van der Waals surface area contributed by atoms with E-state index in [9.17, 15) is 4.79 Å². The number of hydrogen-bond acceptors (Lipinski definition) is 4. The number of carbonyl (C=O) groups is 1. The molecule has 104 valence electrons. The van der Waals surface area contributed by atoms with E-state index in [0.29, 0.717) is 23.6 Å². The molecule has 2 aromatic rings. The van der Waals surface area contributed by atoms with E-state index >= 15 is 0 Å². The van der Waals surface area contributed by atoms with Gasteiger partial charge in [-0.25, -0.2) is 0 Å². The molecule has 1 N–H and O–H groups in total. The van der Waals surface area contributed by atoms with Crippen LogP contribution in [0.2, 0.25) is 4.34 Å². The zero-order chi connectivity index (χ0) is 13.9. The molecule has 0 aliphatic carbocycles. The van der Waals surface area contributed by atoms with Crippen molar-refractivity contribution in [1.29, 1.82) is 0 Å². The second kappa shape index (κ2) is 5.73. The third-order valence-corrected chi connectivity index (χ3v) is 4.22. The van der Waals surface area contributed by atoms with Crippen LogP contribution in [0.3, 0.4) is 0 Å². The molecule has 0 atom stereocenters. The highest BCUT2D eigenvalue weighted by molar-refractivity contribution is 7.16. The van der Waals surface area contributed by atoms with Crippen LogP contribution in [-0.2, 0) is 6.42 Å². The third-order valence-electron chi connectivity index (χ3n) is 2.93. The molecule has 0 radical (unpaired) electrons. The smallest absolute Gasteiger partial charge is 0.255 e. The van der Waals surface area contributed by atoms with Crippen LogP contribution in [0.1, 0.15) is 15.2 Å². The molecule has 0 spiro atoms. The number of hydrogen-bond donors (Lipinski definition) is 1. The molecule has 0 bridgehead atoms. The number of benzene rings is 1. The summed E-state index contributed by atoms with van der Waals surface area (Å²) in [6, 6.07) is 9.12. The number of fused-ring (bicyclic) bond motifs is 1. The topological polar surface area (TPSA) is 47.6 Å². The molecule has 1 amide bonds. The molecule has 0 unspecified atom stereocenters. The van der Waals surface area contributed by atoms with Gasteiger partial charge in [0.25, 0.3) is 5.91 Å². The molecule has 0 saturated heterocycles. The Hall–Kier alpha value is -1.72. The Morgan fingerprint density at radius 2 is 2.20 bits per heavy atom. The fourth-order valence-electron chi connectivity index (χ4n) is 1.99. The molecule has 0 fully saturated rings. The SMILES string of the molecule is O=C(NCCc1ccc(Cl)s1)c1cccc2c1OCO2. The van der Waals surface area contributed by atoms with Gasteiger partial charge in [-0.05, 0) is 30.7 Å². The Balaban J connectivity index is 1.61. The summed E-state index contributed by atoms with van der Waals surface area (Å²) in [5, 5.41) is 2.88. The van der Waals surface area contributed by atoms with Crippen molar-refractivity contribution in [1.82, 2.24) is 5.32 Å². The first-order valence-corrected chi connectivity index (χ1v) is 7.34. The Morgan fingerprint density at radius 3 is 3.00 bits per heavy atom. The molecule has 6 heteroatoms. The average Bonchev–Trinajstić information content (AvgIpc) is 3.06. The highest BCUT2D eigenvalue weighted by Crippen LogP contribution is 2.35. The summed E-state index contributed by atoms with van der Waals surface area (Å²) in [7, 11) is 0. The molecule has 3 rings (SSSR count). The van der Waals surface area contributed by atoms with E-state index in [0.717, 1.165) is 15.6 Å². The van der Waals surface area contributed by atoms with Crippen LogP contribution in [0.25, 0.3) is 0 Å². The van der Waals surface area contributed by atoms with E-state index < -0.39 is 0 Å². The molecule has 1 aliphatic rings. The molecule has 4 nitrogen and oxygen atoms in total. The first kappa shape index (κ1) is 13.3. The van der Waals surface area contributed by atoms with Crippen LogP contribution in [0, 0.1) is 0 Å². The van der Waals surface area contributed by atoms with Crippen molar-refractivity contribution >= 4 is 28.8 Å². The highest BCUT2D eigenvalue weighted by Gasteiger charge is 2.21. The monoisotopic (exact) mass is 309 g/mol. The zero-order valence-electron chi connectivity index (χ0n) is 10.5. The lowest BCUT2D eigenvalue weighted by Crippen LogP contribution is -2.25. The van der Waals surface area contributed by atoms with Gasteiger partial charge in [0.2, 0.25) is 6.79 Å². The molecular formula is C14H12ClNO3S. The molecule has 1 aromatic heterocycles. The molecule has 20 heavy (non-hydrogen) atoms. The van der Waals surface area contributed by atoms with Crippen LogP contribution in [0.15, 0.2) is 30.3 Å². The number of carbonyl (C=O) groups excluding carboxylic acids is 1. The minimum Gasteiger partial charge on any atom is -0.454 e. The van der Waals surface area contributed by atoms with E-state index in [2.05, 4.69) is 5.32 Å². The van der Waals surface area contributed by atoms with Crippen molar-refractivity contribution in [3.63, 3.8) is 0 Å². The van der Waals surface area contributed by atoms with Gasteiger partial charge in [0.05, 0.1) is 9.90 Å². The van der Waals surface area contributed by atoms with E-state index in [1.807, 2.05) is 12.1 Å². The number of amides is 1. The van der Waals surface area contributed by atoms with Gasteiger partial charge in [0.1, 0.15) is 0 Å². The number of nitrogens with one attached hydrogen (secondary N) is 1. The summed E-state index contributed by atoms with van der Waals surface area (Å²) < 4.78 is 11.3. The maximum absolute atomic E-state index is 12.1. The van der Waals surface area contributed by atoms with E-state index in [1.54, 1.807) is 18.2 Å². The third kappa shape index (κ3) is 2.73. The average molecular weight is 310 g/mol. The quantitative estimate of drug-likeness (QED) is 0.944. The van der Waals surface area contributed by atoms with E-state index in [4.69, 9.17) is 21.1 Å². The lowest BCUT2D eigenvalue weighted by Gasteiger charge is -2.06. The number of rotatable bonds is 4. The van der Waals surface area contributed by atoms with Crippen molar-refractivity contribution in [3.05, 3.63) is 45.1 Å². The van der Waals surface area contributed by atoms with Gasteiger partial charge in [0.15, 0.2) is 11.5 Å². The van der Waals surface area contributed by atoms with Crippen LogP contribution >= 0.6 is 22.9 Å². The Morgan fingerprint density at radius 1 is 1.30 bits per heavy atom. The minimum atomic E-state index is -0.157. The van der Waals surface area contributed by atoms with Crippen molar-refractivity contribution in [2.45, 2.75) is 6.42 Å². The molecule has 1 aromatic carbocycles. The first-order chi connectivity index (χ1) is 9.74. The van der Waals surface area contributed by atoms with Gasteiger partial charge >= 0.3 is 0 Å². The Bertz CT molecular complexity index is 641. The molecule has 2 heterocycles. The van der Waals surface area contributed by atoms with Crippen LogP contribution in [0.5, 0.6) is 11.5 Å². The molecule has 0 saturated carbocycles. The standard InChI is InChI=1S/C14H12ClNO3S/c15-12-5-4-9(20-12)6-7-16-14(17)10-2-1-3-11-13(10)19-8-18-11/h1-5H,6-8H2,(H,16,17). The molecular weight excluding hydrogens is 298 g/mol. The lowest BCUT2D eigenvalue weighted by molar-refractivity contribution is 0.0949. The zero-order valence-corrected chi connectivity index (χ0v) is 12.1. The van der Waals surface area contributed by atoms with Crippen LogP contribution < -0.4 is 14.8 Å². The van der Waals surface area contributed by atoms with Gasteiger partial charge in [-0.3, -0.25) is 4.79 Å².